The summed E-state index contributed by atoms with van der Waals surface area (Å²) >= 11 is 0. The highest BCUT2D eigenvalue weighted by Crippen LogP contribution is 2.51. The highest BCUT2D eigenvalue weighted by Gasteiger charge is 2.52. The van der Waals surface area contributed by atoms with E-state index in [4.69, 9.17) is 9.47 Å². The third-order valence-corrected chi connectivity index (χ3v) is 3.98. The van der Waals surface area contributed by atoms with E-state index in [1.807, 2.05) is 18.2 Å². The van der Waals surface area contributed by atoms with Crippen LogP contribution in [-0.4, -0.2) is 24.8 Å². The molecule has 2 aliphatic rings. The van der Waals surface area contributed by atoms with Gasteiger partial charge in [0.25, 0.3) is 0 Å². The number of benzene rings is 1. The molecular formula is C19H22O3. The van der Waals surface area contributed by atoms with E-state index in [1.54, 1.807) is 13.0 Å². The van der Waals surface area contributed by atoms with Crippen molar-refractivity contribution in [1.29, 1.82) is 0 Å². The SMILES string of the molecule is CC(=O)/C=C/Cc1ccccc1C1=CC12OCC(C)(C)CO2. The summed E-state index contributed by atoms with van der Waals surface area (Å²) in [6, 6.07) is 8.21. The van der Waals surface area contributed by atoms with E-state index in [9.17, 15) is 4.79 Å². The van der Waals surface area contributed by atoms with Gasteiger partial charge in [-0.25, -0.2) is 0 Å². The van der Waals surface area contributed by atoms with Gasteiger partial charge in [0.2, 0.25) is 5.79 Å². The number of carbonyl (C=O) groups excluding carboxylic acids is 1. The summed E-state index contributed by atoms with van der Waals surface area (Å²) in [7, 11) is 0. The van der Waals surface area contributed by atoms with Crippen molar-refractivity contribution in [3.63, 3.8) is 0 Å². The zero-order valence-electron chi connectivity index (χ0n) is 13.4. The second-order valence-electron chi connectivity index (χ2n) is 6.84. The molecule has 116 valence electrons. The minimum atomic E-state index is -0.615. The normalized spacial score (nSPS) is 21.9. The van der Waals surface area contributed by atoms with Crippen molar-refractivity contribution in [3.05, 3.63) is 53.6 Å². The molecule has 0 radical (unpaired) electrons. The van der Waals surface area contributed by atoms with Gasteiger partial charge in [-0.3, -0.25) is 4.79 Å². The van der Waals surface area contributed by atoms with Crippen molar-refractivity contribution in [3.8, 4) is 0 Å². The lowest BCUT2D eigenvalue weighted by molar-refractivity contribution is -0.222. The topological polar surface area (TPSA) is 35.5 Å². The predicted molar refractivity (Wildman–Crippen MR) is 86.4 cm³/mol. The standard InChI is InChI=1S/C19H22O3/c1-14(20)7-6-9-15-8-4-5-10-16(15)17-11-19(17)21-12-18(2,3)13-22-19/h4-8,10-11H,9,12-13H2,1-3H3/b7-6+. The minimum absolute atomic E-state index is 0.0660. The lowest BCUT2D eigenvalue weighted by Gasteiger charge is -2.36. The zero-order chi connectivity index (χ0) is 15.8. The maximum Gasteiger partial charge on any atom is 0.216 e. The lowest BCUT2D eigenvalue weighted by Crippen LogP contribution is -2.40. The molecule has 0 atom stereocenters. The molecule has 1 aromatic carbocycles. The first-order valence-electron chi connectivity index (χ1n) is 7.69. The van der Waals surface area contributed by atoms with Crippen LogP contribution in [0.5, 0.6) is 0 Å². The Morgan fingerprint density at radius 1 is 1.23 bits per heavy atom. The van der Waals surface area contributed by atoms with E-state index in [1.165, 1.54) is 5.56 Å². The molecule has 0 unspecified atom stereocenters. The van der Waals surface area contributed by atoms with Gasteiger partial charge in [0.1, 0.15) is 0 Å². The first-order chi connectivity index (χ1) is 10.4. The van der Waals surface area contributed by atoms with Crippen molar-refractivity contribution in [1.82, 2.24) is 0 Å². The molecule has 3 heteroatoms. The van der Waals surface area contributed by atoms with Gasteiger partial charge >= 0.3 is 0 Å². The zero-order valence-corrected chi connectivity index (χ0v) is 13.4. The Kier molecular flexibility index (Phi) is 3.79. The molecule has 1 aliphatic heterocycles. The summed E-state index contributed by atoms with van der Waals surface area (Å²) in [5, 5.41) is 0. The van der Waals surface area contributed by atoms with Crippen LogP contribution in [-0.2, 0) is 20.7 Å². The fourth-order valence-electron chi connectivity index (χ4n) is 2.66. The fourth-order valence-corrected chi connectivity index (χ4v) is 2.66. The van der Waals surface area contributed by atoms with E-state index in [2.05, 4.69) is 32.1 Å². The van der Waals surface area contributed by atoms with Gasteiger partial charge in [-0.1, -0.05) is 44.2 Å². The molecule has 1 spiro atoms. The summed E-state index contributed by atoms with van der Waals surface area (Å²) in [6.45, 7) is 7.23. The molecule has 3 rings (SSSR count). The van der Waals surface area contributed by atoms with Crippen molar-refractivity contribution < 1.29 is 14.3 Å². The number of rotatable bonds is 4. The van der Waals surface area contributed by atoms with Crippen LogP contribution in [0.1, 0.15) is 31.9 Å². The average molecular weight is 298 g/mol. The summed E-state index contributed by atoms with van der Waals surface area (Å²) in [6.07, 6.45) is 6.30. The Morgan fingerprint density at radius 2 is 1.91 bits per heavy atom. The summed E-state index contributed by atoms with van der Waals surface area (Å²) in [5.74, 6) is -0.545. The van der Waals surface area contributed by atoms with E-state index in [0.29, 0.717) is 13.2 Å². The van der Waals surface area contributed by atoms with E-state index in [-0.39, 0.29) is 11.2 Å². The number of carbonyl (C=O) groups is 1. The number of hydrogen-bond donors (Lipinski definition) is 0. The molecule has 22 heavy (non-hydrogen) atoms. The van der Waals surface area contributed by atoms with Crippen LogP contribution in [0.15, 0.2) is 42.5 Å². The molecule has 0 amide bonds. The van der Waals surface area contributed by atoms with Crippen LogP contribution in [0.25, 0.3) is 5.57 Å². The molecule has 0 saturated carbocycles. The largest absolute Gasteiger partial charge is 0.342 e. The minimum Gasteiger partial charge on any atom is -0.342 e. The molecule has 3 nitrogen and oxygen atoms in total. The highest BCUT2D eigenvalue weighted by molar-refractivity contribution is 5.88. The Balaban J connectivity index is 1.74. The number of allylic oxidation sites excluding steroid dienone is 2. The van der Waals surface area contributed by atoms with Crippen LogP contribution in [0, 0.1) is 5.41 Å². The van der Waals surface area contributed by atoms with Gasteiger partial charge in [-0.15, -0.1) is 0 Å². The maximum atomic E-state index is 11.0. The third kappa shape index (κ3) is 3.06. The van der Waals surface area contributed by atoms with Crippen LogP contribution < -0.4 is 0 Å². The fraction of sp³-hybridized carbons (Fsp3) is 0.421. The molecule has 0 bridgehead atoms. The van der Waals surface area contributed by atoms with Crippen molar-refractivity contribution in [2.75, 3.05) is 13.2 Å². The van der Waals surface area contributed by atoms with Crippen LogP contribution in [0.4, 0.5) is 0 Å². The van der Waals surface area contributed by atoms with Crippen LogP contribution in [0.3, 0.4) is 0 Å². The van der Waals surface area contributed by atoms with Gasteiger partial charge in [0.15, 0.2) is 5.78 Å². The van der Waals surface area contributed by atoms with Gasteiger partial charge in [0.05, 0.1) is 13.2 Å². The van der Waals surface area contributed by atoms with Gasteiger partial charge in [0, 0.05) is 11.0 Å². The first-order valence-corrected chi connectivity index (χ1v) is 7.69. The number of ketones is 1. The Morgan fingerprint density at radius 3 is 2.59 bits per heavy atom. The predicted octanol–water partition coefficient (Wildman–Crippen LogP) is 3.54. The Bertz CT molecular complexity index is 642. The maximum absolute atomic E-state index is 11.0. The molecule has 1 aliphatic carbocycles. The van der Waals surface area contributed by atoms with Crippen LogP contribution >= 0.6 is 0 Å². The number of ether oxygens (including phenoxy) is 2. The average Bonchev–Trinajstić information content (AvgIpc) is 3.17. The molecule has 1 fully saturated rings. The molecule has 0 N–H and O–H groups in total. The first kappa shape index (κ1) is 15.2. The number of hydrogen-bond acceptors (Lipinski definition) is 3. The summed E-state index contributed by atoms with van der Waals surface area (Å²) in [4.78, 5) is 11.0. The van der Waals surface area contributed by atoms with Crippen molar-refractivity contribution >= 4 is 11.4 Å². The van der Waals surface area contributed by atoms with Gasteiger partial charge < -0.3 is 9.47 Å². The van der Waals surface area contributed by atoms with Crippen molar-refractivity contribution in [2.45, 2.75) is 33.0 Å². The second-order valence-corrected chi connectivity index (χ2v) is 6.84. The molecule has 0 aromatic heterocycles. The second kappa shape index (κ2) is 5.49. The lowest BCUT2D eigenvalue weighted by atomic mass is 9.95. The quantitative estimate of drug-likeness (QED) is 0.798. The van der Waals surface area contributed by atoms with Gasteiger partial charge in [-0.2, -0.15) is 0 Å². The van der Waals surface area contributed by atoms with E-state index in [0.717, 1.165) is 17.6 Å². The molecule has 1 heterocycles. The molecule has 1 aromatic rings. The van der Waals surface area contributed by atoms with Gasteiger partial charge in [-0.05, 0) is 36.6 Å². The third-order valence-electron chi connectivity index (χ3n) is 3.98. The monoisotopic (exact) mass is 298 g/mol. The molecule has 1 saturated heterocycles. The Hall–Kier alpha value is -1.71. The van der Waals surface area contributed by atoms with Crippen LogP contribution in [0.2, 0.25) is 0 Å². The molecular weight excluding hydrogens is 276 g/mol. The Labute approximate surface area is 131 Å². The summed E-state index contributed by atoms with van der Waals surface area (Å²) in [5.41, 5.74) is 3.50. The smallest absolute Gasteiger partial charge is 0.216 e. The summed E-state index contributed by atoms with van der Waals surface area (Å²) < 4.78 is 11.9. The van der Waals surface area contributed by atoms with E-state index < -0.39 is 5.79 Å². The van der Waals surface area contributed by atoms with E-state index >= 15 is 0 Å². The highest BCUT2D eigenvalue weighted by atomic mass is 16.7. The van der Waals surface area contributed by atoms with Crippen molar-refractivity contribution in [2.24, 2.45) is 5.41 Å².